The van der Waals surface area contributed by atoms with Gasteiger partial charge in [0.05, 0.1) is 6.61 Å². The molecule has 3 fully saturated rings. The van der Waals surface area contributed by atoms with Crippen LogP contribution in [0.3, 0.4) is 0 Å². The molecule has 3 rings (SSSR count). The molecule has 0 bridgehead atoms. The van der Waals surface area contributed by atoms with Gasteiger partial charge >= 0.3 is 20.2 Å². The van der Waals surface area contributed by atoms with Crippen molar-refractivity contribution in [2.45, 2.75) is 57.5 Å². The van der Waals surface area contributed by atoms with Crippen molar-refractivity contribution in [3.8, 4) is 0 Å². The molecule has 0 aromatic carbocycles. The smallest absolute Gasteiger partial charge is 0.459 e. The third-order valence-corrected chi connectivity index (χ3v) is 3.98. The first-order valence-corrected chi connectivity index (χ1v) is 7.49. The van der Waals surface area contributed by atoms with Crippen LogP contribution in [-0.4, -0.2) is 57.5 Å². The number of hydrogen-bond donors (Lipinski definition) is 0. The third kappa shape index (κ3) is 2.73. The molecule has 3 saturated heterocycles. The Balaban J connectivity index is 1.78. The molecule has 3 heterocycles. The molecule has 0 aromatic heterocycles. The van der Waals surface area contributed by atoms with Crippen LogP contribution in [0.4, 0.5) is 0 Å². The number of esters is 1. The predicted octanol–water partition coefficient (Wildman–Crippen LogP) is 0.492. The minimum atomic E-state index is -1.09. The highest BCUT2D eigenvalue weighted by molar-refractivity contribution is 6.45. The minimum absolute atomic E-state index is 0.00332. The standard InChI is InChI=1S/C12H20B2O7/c1-4-13-17-6-9-10(19-13)11-12(18-9,7-16-8(3)15)21-14(5-2)20-11/h9-11H,4-7H2,1-3H3. The summed E-state index contributed by atoms with van der Waals surface area (Å²) in [4.78, 5) is 11.1. The van der Waals surface area contributed by atoms with E-state index in [1.54, 1.807) is 0 Å². The number of carbonyl (C=O) groups is 1. The highest BCUT2D eigenvalue weighted by Gasteiger charge is 2.65. The lowest BCUT2D eigenvalue weighted by Gasteiger charge is -2.31. The van der Waals surface area contributed by atoms with Crippen LogP contribution in [0.2, 0.25) is 12.6 Å². The second-order valence-electron chi connectivity index (χ2n) is 5.53. The topological polar surface area (TPSA) is 72.5 Å². The molecule has 0 aromatic rings. The van der Waals surface area contributed by atoms with Gasteiger partial charge in [-0.05, 0) is 12.6 Å². The fourth-order valence-corrected chi connectivity index (χ4v) is 2.98. The average molecular weight is 298 g/mol. The fourth-order valence-electron chi connectivity index (χ4n) is 2.98. The number of ether oxygens (including phenoxy) is 2. The monoisotopic (exact) mass is 298 g/mol. The van der Waals surface area contributed by atoms with E-state index in [4.69, 9.17) is 28.1 Å². The number of hydrogen-bond acceptors (Lipinski definition) is 7. The molecule has 4 unspecified atom stereocenters. The predicted molar refractivity (Wildman–Crippen MR) is 73.5 cm³/mol. The Hall–Kier alpha value is -0.600. The van der Waals surface area contributed by atoms with Gasteiger partial charge in [0, 0.05) is 6.92 Å². The summed E-state index contributed by atoms with van der Waals surface area (Å²) in [5, 5.41) is 0. The van der Waals surface area contributed by atoms with Gasteiger partial charge in [-0.3, -0.25) is 4.79 Å². The van der Waals surface area contributed by atoms with Crippen molar-refractivity contribution in [2.24, 2.45) is 0 Å². The van der Waals surface area contributed by atoms with Crippen molar-refractivity contribution < 1.29 is 32.9 Å². The van der Waals surface area contributed by atoms with Gasteiger partial charge in [0.2, 0.25) is 5.79 Å². The van der Waals surface area contributed by atoms with Gasteiger partial charge < -0.3 is 28.1 Å². The second kappa shape index (κ2) is 5.89. The lowest BCUT2D eigenvalue weighted by molar-refractivity contribution is -0.212. The molecule has 0 N–H and O–H groups in total. The van der Waals surface area contributed by atoms with Crippen LogP contribution in [-0.2, 0) is 32.9 Å². The van der Waals surface area contributed by atoms with E-state index in [-0.39, 0.29) is 39.0 Å². The summed E-state index contributed by atoms with van der Waals surface area (Å²) in [5.41, 5.74) is 0. The van der Waals surface area contributed by atoms with E-state index >= 15 is 0 Å². The summed E-state index contributed by atoms with van der Waals surface area (Å²) >= 11 is 0. The molecule has 0 amide bonds. The minimum Gasteiger partial charge on any atom is -0.460 e. The Labute approximate surface area is 124 Å². The molecule has 3 aliphatic rings. The molecule has 4 atom stereocenters. The summed E-state index contributed by atoms with van der Waals surface area (Å²) in [6.07, 6.45) is 0.490. The molecule has 7 nitrogen and oxygen atoms in total. The average Bonchev–Trinajstić information content (AvgIpc) is 2.97. The molecule has 0 saturated carbocycles. The van der Waals surface area contributed by atoms with E-state index in [9.17, 15) is 4.79 Å². The zero-order valence-corrected chi connectivity index (χ0v) is 12.6. The van der Waals surface area contributed by atoms with Crippen LogP contribution in [0, 0.1) is 0 Å². The van der Waals surface area contributed by atoms with Crippen LogP contribution in [0.1, 0.15) is 20.8 Å². The van der Waals surface area contributed by atoms with Crippen molar-refractivity contribution in [3.63, 3.8) is 0 Å². The van der Waals surface area contributed by atoms with E-state index in [0.29, 0.717) is 12.9 Å². The van der Waals surface area contributed by atoms with Gasteiger partial charge in [-0.1, -0.05) is 13.8 Å². The van der Waals surface area contributed by atoms with Crippen LogP contribution >= 0.6 is 0 Å². The molecule has 0 spiro atoms. The van der Waals surface area contributed by atoms with Crippen LogP contribution in [0.25, 0.3) is 0 Å². The summed E-state index contributed by atoms with van der Waals surface area (Å²) in [6.45, 7) is 5.73. The largest absolute Gasteiger partial charge is 0.460 e. The fraction of sp³-hybridized carbons (Fsp3) is 0.917. The lowest BCUT2D eigenvalue weighted by atomic mass is 9.83. The Morgan fingerprint density at radius 3 is 2.71 bits per heavy atom. The SMILES string of the molecule is CCB1OCC2OC3(COC(C)=O)OB(CC)OC3C2O1. The van der Waals surface area contributed by atoms with Crippen LogP contribution < -0.4 is 0 Å². The highest BCUT2D eigenvalue weighted by atomic mass is 16.8. The zero-order chi connectivity index (χ0) is 15.0. The Morgan fingerprint density at radius 1 is 1.29 bits per heavy atom. The Bertz CT molecular complexity index is 409. The first kappa shape index (κ1) is 15.3. The van der Waals surface area contributed by atoms with Crippen LogP contribution in [0.5, 0.6) is 0 Å². The molecule has 21 heavy (non-hydrogen) atoms. The zero-order valence-electron chi connectivity index (χ0n) is 12.6. The summed E-state index contributed by atoms with van der Waals surface area (Å²) in [5.74, 6) is -1.47. The maximum atomic E-state index is 11.1. The van der Waals surface area contributed by atoms with Gasteiger partial charge in [-0.25, -0.2) is 0 Å². The van der Waals surface area contributed by atoms with E-state index < -0.39 is 11.9 Å². The van der Waals surface area contributed by atoms with Crippen molar-refractivity contribution in [1.29, 1.82) is 0 Å². The lowest BCUT2D eigenvalue weighted by Crippen LogP contribution is -2.49. The summed E-state index contributed by atoms with van der Waals surface area (Å²) in [6, 6.07) is 0. The van der Waals surface area contributed by atoms with Gasteiger partial charge in [0.15, 0.2) is 0 Å². The molecular formula is C12H20B2O7. The van der Waals surface area contributed by atoms with Crippen molar-refractivity contribution in [1.82, 2.24) is 0 Å². The molecule has 9 heteroatoms. The van der Waals surface area contributed by atoms with E-state index in [1.807, 2.05) is 13.8 Å². The van der Waals surface area contributed by atoms with Gasteiger partial charge in [-0.15, -0.1) is 0 Å². The Kier molecular flexibility index (Phi) is 4.29. The Morgan fingerprint density at radius 2 is 2.05 bits per heavy atom. The number of fused-ring (bicyclic) bond motifs is 3. The van der Waals surface area contributed by atoms with Gasteiger partial charge in [0.1, 0.15) is 24.9 Å². The quantitative estimate of drug-likeness (QED) is 0.552. The van der Waals surface area contributed by atoms with Gasteiger partial charge in [-0.2, -0.15) is 0 Å². The molecule has 0 radical (unpaired) electrons. The van der Waals surface area contributed by atoms with E-state index in [2.05, 4.69) is 0 Å². The van der Waals surface area contributed by atoms with Crippen molar-refractivity contribution in [3.05, 3.63) is 0 Å². The second-order valence-corrected chi connectivity index (χ2v) is 5.53. The molecule has 116 valence electrons. The number of rotatable bonds is 4. The summed E-state index contributed by atoms with van der Waals surface area (Å²) < 4.78 is 34.4. The maximum Gasteiger partial charge on any atom is 0.459 e. The van der Waals surface area contributed by atoms with Crippen LogP contribution in [0.15, 0.2) is 0 Å². The maximum absolute atomic E-state index is 11.1. The van der Waals surface area contributed by atoms with Gasteiger partial charge in [0.25, 0.3) is 0 Å². The van der Waals surface area contributed by atoms with Crippen molar-refractivity contribution in [2.75, 3.05) is 13.2 Å². The van der Waals surface area contributed by atoms with Crippen molar-refractivity contribution >= 4 is 20.2 Å². The first-order valence-electron chi connectivity index (χ1n) is 7.49. The number of carbonyl (C=O) groups excluding carboxylic acids is 1. The molecule has 0 aliphatic carbocycles. The van der Waals surface area contributed by atoms with E-state index in [1.165, 1.54) is 6.92 Å². The molecule has 3 aliphatic heterocycles. The van der Waals surface area contributed by atoms with E-state index in [0.717, 1.165) is 6.32 Å². The molecular weight excluding hydrogens is 278 g/mol. The normalized spacial score (nSPS) is 38.3. The third-order valence-electron chi connectivity index (χ3n) is 3.98. The first-order chi connectivity index (χ1) is 10.1. The summed E-state index contributed by atoms with van der Waals surface area (Å²) in [7, 11) is -0.637. The highest BCUT2D eigenvalue weighted by Crippen LogP contribution is 2.44.